The molecule has 0 spiro atoms. The molecular weight excluding hydrogens is 466 g/mol. The highest BCUT2D eigenvalue weighted by Crippen LogP contribution is 2.20. The van der Waals surface area contributed by atoms with E-state index in [0.29, 0.717) is 24.4 Å². The number of carbonyl (C=O) groups is 2. The summed E-state index contributed by atoms with van der Waals surface area (Å²) in [7, 11) is -1.93. The van der Waals surface area contributed by atoms with Crippen molar-refractivity contribution in [2.75, 3.05) is 30.8 Å². The van der Waals surface area contributed by atoms with Crippen molar-refractivity contribution >= 4 is 27.5 Å². The number of para-hydroxylation sites is 1. The fourth-order valence-corrected chi connectivity index (χ4v) is 4.65. The minimum absolute atomic E-state index is 0.107. The maximum absolute atomic E-state index is 13.3. The van der Waals surface area contributed by atoms with Crippen LogP contribution in [0.2, 0.25) is 0 Å². The Kier molecular flexibility index (Phi) is 11.0. The van der Waals surface area contributed by atoms with Gasteiger partial charge in [0.25, 0.3) is 0 Å². The monoisotopic (exact) mass is 503 g/mol. The predicted octanol–water partition coefficient (Wildman–Crippen LogP) is 3.58. The Morgan fingerprint density at radius 3 is 2.40 bits per heavy atom. The summed E-state index contributed by atoms with van der Waals surface area (Å²) in [6.07, 6.45) is 3.40. The molecule has 8 nitrogen and oxygen atoms in total. The highest BCUT2D eigenvalue weighted by molar-refractivity contribution is 7.92. The van der Waals surface area contributed by atoms with Crippen molar-refractivity contribution in [2.24, 2.45) is 0 Å². The van der Waals surface area contributed by atoms with Crippen molar-refractivity contribution in [3.8, 4) is 5.75 Å². The van der Waals surface area contributed by atoms with E-state index in [2.05, 4.69) is 5.32 Å². The first-order chi connectivity index (χ1) is 16.7. The van der Waals surface area contributed by atoms with Crippen LogP contribution in [0.25, 0.3) is 0 Å². The van der Waals surface area contributed by atoms with Gasteiger partial charge in [0.1, 0.15) is 11.8 Å². The van der Waals surface area contributed by atoms with Gasteiger partial charge in [0, 0.05) is 26.1 Å². The van der Waals surface area contributed by atoms with Crippen LogP contribution in [0.5, 0.6) is 5.75 Å². The first-order valence-electron chi connectivity index (χ1n) is 11.9. The van der Waals surface area contributed by atoms with Crippen LogP contribution >= 0.6 is 0 Å². The number of anilines is 1. The van der Waals surface area contributed by atoms with Gasteiger partial charge in [-0.2, -0.15) is 0 Å². The Morgan fingerprint density at radius 2 is 1.77 bits per heavy atom. The van der Waals surface area contributed by atoms with Gasteiger partial charge in [-0.15, -0.1) is 0 Å². The van der Waals surface area contributed by atoms with Gasteiger partial charge in [-0.1, -0.05) is 43.7 Å². The van der Waals surface area contributed by atoms with Gasteiger partial charge in [0.15, 0.2) is 0 Å². The fraction of sp³-hybridized carbons (Fsp3) is 0.462. The molecule has 0 radical (unpaired) electrons. The lowest BCUT2D eigenvalue weighted by molar-refractivity contribution is -0.140. The van der Waals surface area contributed by atoms with Crippen LogP contribution in [0, 0.1) is 0 Å². The zero-order valence-electron chi connectivity index (χ0n) is 21.1. The number of unbranched alkanes of at least 4 members (excludes halogenated alkanes) is 1. The van der Waals surface area contributed by atoms with Gasteiger partial charge in [0.2, 0.25) is 21.8 Å². The Balaban J connectivity index is 2.14. The summed E-state index contributed by atoms with van der Waals surface area (Å²) in [5.74, 6) is 0.242. The average molecular weight is 504 g/mol. The van der Waals surface area contributed by atoms with E-state index in [-0.39, 0.29) is 31.3 Å². The van der Waals surface area contributed by atoms with E-state index < -0.39 is 16.1 Å². The number of nitrogens with one attached hydrogen (secondary N) is 1. The Bertz CT molecular complexity index is 1060. The third-order valence-electron chi connectivity index (χ3n) is 5.68. The zero-order chi connectivity index (χ0) is 25.8. The van der Waals surface area contributed by atoms with Crippen LogP contribution in [-0.4, -0.2) is 57.6 Å². The number of hydrogen-bond donors (Lipinski definition) is 1. The molecule has 0 aliphatic carbocycles. The van der Waals surface area contributed by atoms with Crippen LogP contribution in [-0.2, 0) is 26.2 Å². The van der Waals surface area contributed by atoms with Gasteiger partial charge < -0.3 is 15.0 Å². The number of ether oxygens (including phenoxy) is 1. The van der Waals surface area contributed by atoms with E-state index in [1.54, 1.807) is 43.2 Å². The molecular formula is C26H37N3O5S. The number of sulfonamides is 1. The minimum Gasteiger partial charge on any atom is -0.497 e. The molecule has 35 heavy (non-hydrogen) atoms. The van der Waals surface area contributed by atoms with Crippen molar-refractivity contribution in [3.63, 3.8) is 0 Å². The van der Waals surface area contributed by atoms with Crippen molar-refractivity contribution in [1.29, 1.82) is 0 Å². The molecule has 2 amide bonds. The molecule has 0 saturated carbocycles. The summed E-state index contributed by atoms with van der Waals surface area (Å²) in [6.45, 7) is 4.72. The minimum atomic E-state index is -3.50. The molecule has 1 N–H and O–H groups in total. The predicted molar refractivity (Wildman–Crippen MR) is 139 cm³/mol. The van der Waals surface area contributed by atoms with E-state index in [1.165, 1.54) is 4.31 Å². The third-order valence-corrected chi connectivity index (χ3v) is 6.87. The van der Waals surface area contributed by atoms with Crippen LogP contribution < -0.4 is 14.4 Å². The molecule has 9 heteroatoms. The Hall–Kier alpha value is -3.07. The fourth-order valence-electron chi connectivity index (χ4n) is 3.68. The number of methoxy groups -OCH3 is 1. The summed E-state index contributed by atoms with van der Waals surface area (Å²) in [6, 6.07) is 15.5. The third kappa shape index (κ3) is 8.90. The summed E-state index contributed by atoms with van der Waals surface area (Å²) in [5.41, 5.74) is 1.40. The van der Waals surface area contributed by atoms with Gasteiger partial charge >= 0.3 is 0 Å². The van der Waals surface area contributed by atoms with Crippen LogP contribution in [0.3, 0.4) is 0 Å². The highest BCUT2D eigenvalue weighted by atomic mass is 32.2. The molecule has 192 valence electrons. The maximum Gasteiger partial charge on any atom is 0.242 e. The molecule has 0 aliphatic heterocycles. The van der Waals surface area contributed by atoms with E-state index in [0.717, 1.165) is 24.7 Å². The largest absolute Gasteiger partial charge is 0.497 e. The van der Waals surface area contributed by atoms with Crippen LogP contribution in [0.4, 0.5) is 5.69 Å². The summed E-state index contributed by atoms with van der Waals surface area (Å²) < 4.78 is 31.3. The molecule has 2 aromatic carbocycles. The average Bonchev–Trinajstić information content (AvgIpc) is 2.84. The van der Waals surface area contributed by atoms with Crippen molar-refractivity contribution in [3.05, 3.63) is 60.2 Å². The number of benzene rings is 2. The first kappa shape index (κ1) is 28.2. The number of rotatable bonds is 14. The summed E-state index contributed by atoms with van der Waals surface area (Å²) >= 11 is 0. The van der Waals surface area contributed by atoms with Crippen molar-refractivity contribution < 1.29 is 22.7 Å². The molecule has 2 rings (SSSR count). The summed E-state index contributed by atoms with van der Waals surface area (Å²) in [5, 5.41) is 2.90. The molecule has 0 heterocycles. The van der Waals surface area contributed by atoms with Crippen molar-refractivity contribution in [2.45, 2.75) is 52.1 Å². The van der Waals surface area contributed by atoms with Gasteiger partial charge in [-0.3, -0.25) is 13.9 Å². The number of nitrogens with zero attached hydrogens (tertiary/aromatic N) is 2. The second-order valence-electron chi connectivity index (χ2n) is 8.47. The number of carbonyl (C=O) groups excluding carboxylic acids is 2. The van der Waals surface area contributed by atoms with E-state index >= 15 is 0 Å². The van der Waals surface area contributed by atoms with E-state index in [1.807, 2.05) is 37.3 Å². The van der Waals surface area contributed by atoms with E-state index in [4.69, 9.17) is 4.74 Å². The first-order valence-corrected chi connectivity index (χ1v) is 13.7. The molecule has 2 aromatic rings. The zero-order valence-corrected chi connectivity index (χ0v) is 21.9. The molecule has 1 atom stereocenters. The normalized spacial score (nSPS) is 12.0. The van der Waals surface area contributed by atoms with E-state index in [9.17, 15) is 18.0 Å². The Morgan fingerprint density at radius 1 is 1.06 bits per heavy atom. The number of hydrogen-bond acceptors (Lipinski definition) is 5. The molecule has 0 bridgehead atoms. The topological polar surface area (TPSA) is 96.0 Å². The second-order valence-corrected chi connectivity index (χ2v) is 10.4. The van der Waals surface area contributed by atoms with Crippen molar-refractivity contribution in [1.82, 2.24) is 10.2 Å². The molecule has 0 saturated heterocycles. The standard InChI is InChI=1S/C26H37N3O5S/c1-5-6-17-27-26(31)21(2)28(20-22-12-10-15-24(19-22)34-3)25(30)16-11-18-29(35(4,32)33)23-13-8-7-9-14-23/h7-10,12-15,19,21H,5-6,11,16-18,20H2,1-4H3,(H,27,31)/t21-/m1/s1. The van der Waals surface area contributed by atoms with Crippen LogP contribution in [0.15, 0.2) is 54.6 Å². The highest BCUT2D eigenvalue weighted by Gasteiger charge is 2.26. The molecule has 0 aliphatic rings. The lowest BCUT2D eigenvalue weighted by Gasteiger charge is -2.29. The number of amides is 2. The molecule has 0 unspecified atom stereocenters. The van der Waals surface area contributed by atoms with Crippen LogP contribution in [0.1, 0.15) is 45.1 Å². The van der Waals surface area contributed by atoms with Gasteiger partial charge in [-0.05, 0) is 49.6 Å². The Labute approximate surface area is 209 Å². The molecule has 0 aromatic heterocycles. The summed E-state index contributed by atoms with van der Waals surface area (Å²) in [4.78, 5) is 27.6. The smallest absolute Gasteiger partial charge is 0.242 e. The lowest BCUT2D eigenvalue weighted by Crippen LogP contribution is -2.48. The SMILES string of the molecule is CCCCNC(=O)[C@@H](C)N(Cc1cccc(OC)c1)C(=O)CCCN(c1ccccc1)S(C)(=O)=O. The second kappa shape index (κ2) is 13.7. The maximum atomic E-state index is 13.3. The quantitative estimate of drug-likeness (QED) is 0.398. The van der Waals surface area contributed by atoms with Gasteiger partial charge in [-0.25, -0.2) is 8.42 Å². The lowest BCUT2D eigenvalue weighted by atomic mass is 10.1. The van der Waals surface area contributed by atoms with Gasteiger partial charge in [0.05, 0.1) is 19.1 Å². The molecule has 0 fully saturated rings.